The van der Waals surface area contributed by atoms with Crippen molar-refractivity contribution in [3.8, 4) is 0 Å². The number of amides is 1. The number of rotatable bonds is 8. The van der Waals surface area contributed by atoms with Gasteiger partial charge in [-0.3, -0.25) is 4.79 Å². The third-order valence-corrected chi connectivity index (χ3v) is 4.88. The first kappa shape index (κ1) is 24.0. The van der Waals surface area contributed by atoms with Crippen molar-refractivity contribution in [2.24, 2.45) is 0 Å². The van der Waals surface area contributed by atoms with E-state index in [4.69, 9.17) is 5.73 Å². The van der Waals surface area contributed by atoms with Gasteiger partial charge in [-0.25, -0.2) is 0 Å². The zero-order valence-corrected chi connectivity index (χ0v) is 16.8. The minimum Gasteiger partial charge on any atom is -0.399 e. The lowest BCUT2D eigenvalue weighted by Gasteiger charge is -2.31. The number of aryl methyl sites for hydroxylation is 1. The van der Waals surface area contributed by atoms with Crippen molar-refractivity contribution in [3.05, 3.63) is 29.8 Å². The molecule has 2 rings (SSSR count). The Morgan fingerprint density at radius 3 is 2.56 bits per heavy atom. The molecule has 0 saturated heterocycles. The number of hydrogen-bond acceptors (Lipinski definition) is 3. The number of nitrogens with two attached hydrogens (primary N) is 1. The largest absolute Gasteiger partial charge is 0.399 e. The summed E-state index contributed by atoms with van der Waals surface area (Å²) in [5.74, 6) is 0.119. The molecule has 144 valence electrons. The summed E-state index contributed by atoms with van der Waals surface area (Å²) in [6.45, 7) is 1.83. The van der Waals surface area contributed by atoms with Crippen molar-refractivity contribution in [3.63, 3.8) is 0 Å². The minimum atomic E-state index is 0. The van der Waals surface area contributed by atoms with Crippen LogP contribution in [-0.2, 0) is 11.2 Å². The van der Waals surface area contributed by atoms with Crippen LogP contribution in [0.5, 0.6) is 0 Å². The first-order valence-electron chi connectivity index (χ1n) is 8.97. The number of nitrogens with zero attached hydrogens (tertiary/aromatic N) is 1. The van der Waals surface area contributed by atoms with Crippen LogP contribution >= 0.6 is 24.8 Å². The highest BCUT2D eigenvalue weighted by Crippen LogP contribution is 2.21. The molecule has 1 aromatic carbocycles. The minimum absolute atomic E-state index is 0. The smallest absolute Gasteiger partial charge is 0.220 e. The molecule has 25 heavy (non-hydrogen) atoms. The second-order valence-corrected chi connectivity index (χ2v) is 6.67. The fraction of sp³-hybridized carbons (Fsp3) is 0.632. The number of carbonyl (C=O) groups is 1. The second-order valence-electron chi connectivity index (χ2n) is 6.67. The predicted octanol–water partition coefficient (Wildman–Crippen LogP) is 3.82. The van der Waals surface area contributed by atoms with Crippen LogP contribution in [-0.4, -0.2) is 37.0 Å². The van der Waals surface area contributed by atoms with Gasteiger partial charge in [0.05, 0.1) is 0 Å². The Bertz CT molecular complexity index is 493. The molecule has 4 nitrogen and oxygen atoms in total. The van der Waals surface area contributed by atoms with Crippen molar-refractivity contribution in [2.45, 2.75) is 57.4 Å². The van der Waals surface area contributed by atoms with Crippen molar-refractivity contribution in [2.75, 3.05) is 25.9 Å². The van der Waals surface area contributed by atoms with Gasteiger partial charge in [-0.1, -0.05) is 37.5 Å². The maximum absolute atomic E-state index is 11.9. The average Bonchev–Trinajstić information content (AvgIpc) is 2.58. The molecular weight excluding hydrogens is 357 g/mol. The number of nitrogens with one attached hydrogen (secondary N) is 1. The highest BCUT2D eigenvalue weighted by molar-refractivity contribution is 5.85. The molecule has 1 aliphatic rings. The topological polar surface area (TPSA) is 58.4 Å². The fourth-order valence-corrected chi connectivity index (χ4v) is 3.36. The summed E-state index contributed by atoms with van der Waals surface area (Å²) in [5, 5.41) is 3.02. The predicted molar refractivity (Wildman–Crippen MR) is 111 cm³/mol. The number of nitrogen functional groups attached to an aromatic ring is 1. The van der Waals surface area contributed by atoms with Gasteiger partial charge in [0.1, 0.15) is 0 Å². The Morgan fingerprint density at radius 2 is 1.88 bits per heavy atom. The van der Waals surface area contributed by atoms with Crippen molar-refractivity contribution in [1.29, 1.82) is 0 Å². The zero-order chi connectivity index (χ0) is 16.5. The first-order valence-corrected chi connectivity index (χ1v) is 8.97. The van der Waals surface area contributed by atoms with Gasteiger partial charge >= 0.3 is 0 Å². The molecule has 1 aliphatic carbocycles. The van der Waals surface area contributed by atoms with Gasteiger partial charge in [-0.05, 0) is 50.9 Å². The van der Waals surface area contributed by atoms with Crippen LogP contribution in [0.15, 0.2) is 24.3 Å². The molecule has 0 spiro atoms. The van der Waals surface area contributed by atoms with Crippen LogP contribution in [0.1, 0.15) is 50.5 Å². The molecule has 0 atom stereocenters. The van der Waals surface area contributed by atoms with E-state index in [9.17, 15) is 4.79 Å². The molecule has 1 aromatic rings. The zero-order valence-electron chi connectivity index (χ0n) is 15.2. The molecule has 3 N–H and O–H groups in total. The molecule has 1 saturated carbocycles. The fourth-order valence-electron chi connectivity index (χ4n) is 3.36. The number of benzene rings is 1. The van der Waals surface area contributed by atoms with Crippen LogP contribution in [0, 0.1) is 0 Å². The number of halogens is 2. The normalized spacial score (nSPS) is 14.5. The van der Waals surface area contributed by atoms with Gasteiger partial charge < -0.3 is 16.0 Å². The quantitative estimate of drug-likeness (QED) is 0.524. The Balaban J connectivity index is 0.00000288. The maximum atomic E-state index is 11.9. The van der Waals surface area contributed by atoms with Crippen LogP contribution in [0.4, 0.5) is 5.69 Å². The molecule has 1 fully saturated rings. The highest BCUT2D eigenvalue weighted by atomic mass is 35.5. The Morgan fingerprint density at radius 1 is 1.20 bits per heavy atom. The molecular formula is C19H33Cl2N3O. The van der Waals surface area contributed by atoms with Crippen molar-refractivity contribution >= 4 is 36.4 Å². The highest BCUT2D eigenvalue weighted by Gasteiger charge is 2.17. The molecule has 0 heterocycles. The van der Waals surface area contributed by atoms with Crippen LogP contribution in [0.3, 0.4) is 0 Å². The number of hydrogen-bond donors (Lipinski definition) is 2. The van der Waals surface area contributed by atoms with E-state index in [0.717, 1.165) is 36.8 Å². The van der Waals surface area contributed by atoms with Crippen LogP contribution in [0.2, 0.25) is 0 Å². The van der Waals surface area contributed by atoms with Gasteiger partial charge in [0.2, 0.25) is 5.91 Å². The van der Waals surface area contributed by atoms with Gasteiger partial charge in [0, 0.05) is 24.7 Å². The number of anilines is 1. The Hall–Kier alpha value is -0.970. The number of para-hydroxylation sites is 1. The van der Waals surface area contributed by atoms with Crippen LogP contribution in [0.25, 0.3) is 0 Å². The van der Waals surface area contributed by atoms with E-state index in [-0.39, 0.29) is 30.7 Å². The van der Waals surface area contributed by atoms with Crippen molar-refractivity contribution in [1.82, 2.24) is 10.2 Å². The summed E-state index contributed by atoms with van der Waals surface area (Å²) in [6.07, 6.45) is 9.04. The van der Waals surface area contributed by atoms with E-state index in [1.165, 1.54) is 32.1 Å². The molecule has 1 amide bonds. The summed E-state index contributed by atoms with van der Waals surface area (Å²) in [7, 11) is 2.22. The summed E-state index contributed by atoms with van der Waals surface area (Å²) >= 11 is 0. The molecule has 0 bridgehead atoms. The average molecular weight is 390 g/mol. The molecule has 0 radical (unpaired) electrons. The van der Waals surface area contributed by atoms with Gasteiger partial charge in [-0.2, -0.15) is 0 Å². The van der Waals surface area contributed by atoms with Gasteiger partial charge in [0.25, 0.3) is 0 Å². The lowest BCUT2D eigenvalue weighted by Crippen LogP contribution is -2.35. The summed E-state index contributed by atoms with van der Waals surface area (Å²) in [5.41, 5.74) is 7.72. The lowest BCUT2D eigenvalue weighted by molar-refractivity contribution is -0.121. The summed E-state index contributed by atoms with van der Waals surface area (Å²) in [4.78, 5) is 14.4. The summed E-state index contributed by atoms with van der Waals surface area (Å²) in [6, 6.07) is 8.50. The molecule has 0 aliphatic heterocycles. The standard InChI is InChI=1S/C19H31N3O.2ClH/c1-22(17-9-3-2-4-10-17)15-7-14-21-19(23)13-12-16-8-5-6-11-18(16)20;;/h5-6,8,11,17H,2-4,7,9-10,12-15,20H2,1H3,(H,21,23);2*1H. The molecule has 0 aromatic heterocycles. The van der Waals surface area contributed by atoms with E-state index >= 15 is 0 Å². The third-order valence-electron chi connectivity index (χ3n) is 4.88. The van der Waals surface area contributed by atoms with Crippen LogP contribution < -0.4 is 11.1 Å². The first-order chi connectivity index (χ1) is 11.2. The summed E-state index contributed by atoms with van der Waals surface area (Å²) < 4.78 is 0. The monoisotopic (exact) mass is 389 g/mol. The van der Waals surface area contributed by atoms with Gasteiger partial charge in [0.15, 0.2) is 0 Å². The lowest BCUT2D eigenvalue weighted by atomic mass is 9.94. The number of carbonyl (C=O) groups excluding carboxylic acids is 1. The van der Waals surface area contributed by atoms with E-state index in [1.54, 1.807) is 0 Å². The molecule has 6 heteroatoms. The van der Waals surface area contributed by atoms with Crippen molar-refractivity contribution < 1.29 is 4.79 Å². The third kappa shape index (κ3) is 8.80. The van der Waals surface area contributed by atoms with E-state index in [0.29, 0.717) is 12.8 Å². The van der Waals surface area contributed by atoms with Gasteiger partial charge in [-0.15, -0.1) is 24.8 Å². The SMILES string of the molecule is CN(CCCNC(=O)CCc1ccccc1N)C1CCCCC1.Cl.Cl. The Kier molecular flexibility index (Phi) is 12.7. The van der Waals surface area contributed by atoms with E-state index < -0.39 is 0 Å². The second kappa shape index (κ2) is 13.3. The van der Waals surface area contributed by atoms with E-state index in [1.807, 2.05) is 24.3 Å². The van der Waals surface area contributed by atoms with E-state index in [2.05, 4.69) is 17.3 Å². The maximum Gasteiger partial charge on any atom is 0.220 e. The molecule has 0 unspecified atom stereocenters. The Labute approximate surface area is 164 Å².